The maximum Gasteiger partial charge on any atom is 0.416 e. The summed E-state index contributed by atoms with van der Waals surface area (Å²) in [7, 11) is 1.58. The van der Waals surface area contributed by atoms with Crippen LogP contribution in [0.2, 0.25) is 0 Å². The Balaban J connectivity index is 1.40. The molecule has 7 rings (SSSR count). The smallest absolute Gasteiger partial charge is 0.416 e. The highest BCUT2D eigenvalue weighted by Gasteiger charge is 2.40. The lowest BCUT2D eigenvalue weighted by Gasteiger charge is -2.36. The Morgan fingerprint density at radius 3 is 2.78 bits per heavy atom. The summed E-state index contributed by atoms with van der Waals surface area (Å²) >= 11 is 0. The number of rotatable bonds is 6. The monoisotopic (exact) mass is 612 g/mol. The van der Waals surface area contributed by atoms with Gasteiger partial charge in [-0.25, -0.2) is 23.8 Å². The second kappa shape index (κ2) is 10.6. The van der Waals surface area contributed by atoms with Crippen molar-refractivity contribution in [3.63, 3.8) is 0 Å². The van der Waals surface area contributed by atoms with E-state index in [0.29, 0.717) is 51.5 Å². The minimum absolute atomic E-state index is 0.0644. The van der Waals surface area contributed by atoms with Crippen molar-refractivity contribution in [3.8, 4) is 28.4 Å². The minimum atomic E-state index is -1.08. The summed E-state index contributed by atoms with van der Waals surface area (Å²) in [6.45, 7) is 8.83. The number of aromatic nitrogens is 6. The predicted octanol–water partition coefficient (Wildman–Crippen LogP) is 4.25. The molecule has 0 spiro atoms. The van der Waals surface area contributed by atoms with Gasteiger partial charge in [-0.1, -0.05) is 20.8 Å². The Labute approximate surface area is 257 Å². The van der Waals surface area contributed by atoms with Crippen LogP contribution in [-0.2, 0) is 14.3 Å². The third kappa shape index (κ3) is 4.82. The molecule has 5 aromatic rings. The van der Waals surface area contributed by atoms with Gasteiger partial charge in [-0.05, 0) is 19.1 Å². The van der Waals surface area contributed by atoms with Crippen LogP contribution in [0.25, 0.3) is 33.5 Å². The number of anilines is 2. The van der Waals surface area contributed by atoms with E-state index in [1.54, 1.807) is 47.9 Å². The minimum Gasteiger partial charge on any atom is -0.494 e. The quantitative estimate of drug-likeness (QED) is 0.275. The number of esters is 1. The number of carbonyl (C=O) groups excluding carboxylic acids is 2. The van der Waals surface area contributed by atoms with Crippen LogP contribution in [0.1, 0.15) is 27.7 Å². The van der Waals surface area contributed by atoms with Crippen molar-refractivity contribution in [2.45, 2.75) is 39.9 Å². The summed E-state index contributed by atoms with van der Waals surface area (Å²) in [5.74, 6) is 0.823. The molecule has 0 aliphatic carbocycles. The first-order valence-corrected chi connectivity index (χ1v) is 14.6. The Kier molecular flexibility index (Phi) is 6.71. The SMILES string of the molecule is CCOC(=O)C1CN(c2nn(-c3cc4c(cc3OC)NCC(C(C)(C)C)O4)c3cc(-c4cnn5cccnc45)ncc23)C(=O)O1. The molecule has 2 aliphatic rings. The number of pyridine rings is 1. The van der Waals surface area contributed by atoms with Gasteiger partial charge < -0.3 is 24.3 Å². The van der Waals surface area contributed by atoms with Gasteiger partial charge in [-0.2, -0.15) is 5.10 Å². The highest BCUT2D eigenvalue weighted by Crippen LogP contribution is 2.42. The molecule has 1 amide bonds. The molecule has 2 unspecified atom stereocenters. The number of fused-ring (bicyclic) bond motifs is 3. The van der Waals surface area contributed by atoms with Crippen LogP contribution >= 0.6 is 0 Å². The van der Waals surface area contributed by atoms with E-state index in [-0.39, 0.29) is 30.5 Å². The van der Waals surface area contributed by atoms with E-state index in [4.69, 9.17) is 29.0 Å². The Bertz CT molecular complexity index is 1960. The van der Waals surface area contributed by atoms with Crippen molar-refractivity contribution in [1.82, 2.24) is 29.4 Å². The van der Waals surface area contributed by atoms with E-state index in [2.05, 4.69) is 36.2 Å². The van der Waals surface area contributed by atoms with E-state index < -0.39 is 18.2 Å². The predicted molar refractivity (Wildman–Crippen MR) is 164 cm³/mol. The van der Waals surface area contributed by atoms with E-state index in [9.17, 15) is 9.59 Å². The van der Waals surface area contributed by atoms with E-state index >= 15 is 0 Å². The number of nitrogens with zero attached hydrogens (tertiary/aromatic N) is 7. The summed E-state index contributed by atoms with van der Waals surface area (Å²) in [5, 5.41) is 13.3. The number of nitrogens with one attached hydrogen (secondary N) is 1. The van der Waals surface area contributed by atoms with Gasteiger partial charge in [0.05, 0.1) is 60.9 Å². The van der Waals surface area contributed by atoms with Crippen LogP contribution in [0, 0.1) is 5.41 Å². The molecule has 14 heteroatoms. The van der Waals surface area contributed by atoms with Gasteiger partial charge in [-0.15, -0.1) is 5.10 Å². The number of hydrogen-bond donors (Lipinski definition) is 1. The topological polar surface area (TPSA) is 147 Å². The fourth-order valence-corrected chi connectivity index (χ4v) is 5.52. The van der Waals surface area contributed by atoms with Crippen molar-refractivity contribution in [3.05, 3.63) is 49.1 Å². The molecule has 0 bridgehead atoms. The molecule has 1 aromatic carbocycles. The summed E-state index contributed by atoms with van der Waals surface area (Å²) in [4.78, 5) is 36.0. The van der Waals surface area contributed by atoms with Crippen molar-refractivity contribution in [1.29, 1.82) is 0 Å². The lowest BCUT2D eigenvalue weighted by atomic mass is 9.88. The van der Waals surface area contributed by atoms with E-state index in [1.165, 1.54) is 4.90 Å². The second-order valence-corrected chi connectivity index (χ2v) is 11.9. The Morgan fingerprint density at radius 2 is 2.00 bits per heavy atom. The molecule has 1 fully saturated rings. The zero-order chi connectivity index (χ0) is 31.5. The largest absolute Gasteiger partial charge is 0.494 e. The first-order chi connectivity index (χ1) is 21.7. The fourth-order valence-electron chi connectivity index (χ4n) is 5.52. The van der Waals surface area contributed by atoms with Crippen molar-refractivity contribution >= 4 is 40.1 Å². The third-order valence-corrected chi connectivity index (χ3v) is 7.94. The molecular formula is C31H32N8O6. The van der Waals surface area contributed by atoms with Gasteiger partial charge in [0, 0.05) is 36.1 Å². The number of hydrogen-bond acceptors (Lipinski definition) is 11. The van der Waals surface area contributed by atoms with Crippen molar-refractivity contribution in [2.24, 2.45) is 5.41 Å². The van der Waals surface area contributed by atoms with E-state index in [1.807, 2.05) is 24.4 Å². The zero-order valence-corrected chi connectivity index (χ0v) is 25.5. The van der Waals surface area contributed by atoms with Crippen LogP contribution in [0.3, 0.4) is 0 Å². The summed E-state index contributed by atoms with van der Waals surface area (Å²) < 4.78 is 26.1. The molecular weight excluding hydrogens is 580 g/mol. The first kappa shape index (κ1) is 28.4. The lowest BCUT2D eigenvalue weighted by molar-refractivity contribution is -0.151. The molecule has 6 heterocycles. The highest BCUT2D eigenvalue weighted by molar-refractivity contribution is 6.03. The molecule has 1 N–H and O–H groups in total. The molecule has 45 heavy (non-hydrogen) atoms. The maximum absolute atomic E-state index is 13.1. The fraction of sp³-hybridized carbons (Fsp3) is 0.355. The molecule has 2 atom stereocenters. The Hall–Kier alpha value is -5.40. The van der Waals surface area contributed by atoms with Crippen LogP contribution < -0.4 is 19.7 Å². The zero-order valence-electron chi connectivity index (χ0n) is 25.5. The molecule has 2 aliphatic heterocycles. The van der Waals surface area contributed by atoms with Gasteiger partial charge in [-0.3, -0.25) is 9.88 Å². The van der Waals surface area contributed by atoms with Gasteiger partial charge in [0.15, 0.2) is 11.5 Å². The molecule has 1 saturated heterocycles. The maximum atomic E-state index is 13.1. The molecule has 232 valence electrons. The number of ether oxygens (including phenoxy) is 4. The summed E-state index contributed by atoms with van der Waals surface area (Å²) in [6, 6.07) is 7.40. The average molecular weight is 613 g/mol. The summed E-state index contributed by atoms with van der Waals surface area (Å²) in [5.41, 5.74) is 3.83. The van der Waals surface area contributed by atoms with Gasteiger partial charge in [0.1, 0.15) is 23.3 Å². The van der Waals surface area contributed by atoms with Gasteiger partial charge in [0.2, 0.25) is 6.10 Å². The van der Waals surface area contributed by atoms with Crippen LogP contribution in [0.15, 0.2) is 49.1 Å². The van der Waals surface area contributed by atoms with Crippen LogP contribution in [0.5, 0.6) is 11.5 Å². The van der Waals surface area contributed by atoms with Crippen molar-refractivity contribution < 1.29 is 28.5 Å². The molecule has 0 saturated carbocycles. The molecule has 4 aromatic heterocycles. The highest BCUT2D eigenvalue weighted by atomic mass is 16.6. The number of carbonyl (C=O) groups is 2. The van der Waals surface area contributed by atoms with Gasteiger partial charge in [0.25, 0.3) is 0 Å². The van der Waals surface area contributed by atoms with E-state index in [0.717, 1.165) is 5.69 Å². The van der Waals surface area contributed by atoms with Crippen molar-refractivity contribution in [2.75, 3.05) is 37.0 Å². The number of cyclic esters (lactones) is 1. The summed E-state index contributed by atoms with van der Waals surface area (Å²) in [6.07, 6.45) is 4.97. The van der Waals surface area contributed by atoms with Crippen LogP contribution in [-0.4, -0.2) is 80.4 Å². The molecule has 0 radical (unpaired) electrons. The van der Waals surface area contributed by atoms with Crippen LogP contribution in [0.4, 0.5) is 16.3 Å². The molecule has 14 nitrogen and oxygen atoms in total. The number of benzene rings is 1. The first-order valence-electron chi connectivity index (χ1n) is 14.6. The normalized spacial score (nSPS) is 18.0. The standard InChI is InChI=1S/C31H32N8O6/c1-6-43-29(40)25-16-37(30(41)45-25)28-18-13-33-19(17-14-35-38-9-7-8-32-27(17)38)10-21(18)39(36-28)22-12-23-20(11-24(22)42-5)34-15-26(44-23)31(2,3)4/h7-14,25-26,34H,6,15-16H2,1-5H3. The average Bonchev–Trinajstić information content (AvgIpc) is 3.74. The second-order valence-electron chi connectivity index (χ2n) is 11.9. The Morgan fingerprint density at radius 1 is 1.16 bits per heavy atom. The third-order valence-electron chi connectivity index (χ3n) is 7.94. The van der Waals surface area contributed by atoms with Gasteiger partial charge >= 0.3 is 12.1 Å². The number of amides is 1. The number of methoxy groups -OCH3 is 1. The lowest BCUT2D eigenvalue weighted by Crippen LogP contribution is -2.41.